The summed E-state index contributed by atoms with van der Waals surface area (Å²) in [7, 11) is -3.95. The summed E-state index contributed by atoms with van der Waals surface area (Å²) in [6.07, 6.45) is 1.21. The molecule has 1 aromatic heterocycles. The Kier molecular flexibility index (Phi) is 6.00. The Morgan fingerprint density at radius 3 is 2.57 bits per heavy atom. The van der Waals surface area contributed by atoms with Crippen molar-refractivity contribution < 1.29 is 27.8 Å². The lowest BCUT2D eigenvalue weighted by Crippen LogP contribution is -2.37. The number of carboxylic acids is 1. The monoisotopic (exact) mass is 407 g/mol. The van der Waals surface area contributed by atoms with Gasteiger partial charge in [-0.3, -0.25) is 4.72 Å². The van der Waals surface area contributed by atoms with Crippen LogP contribution in [0.2, 0.25) is 0 Å². The Morgan fingerprint density at radius 2 is 1.96 bits per heavy atom. The van der Waals surface area contributed by atoms with Gasteiger partial charge in [-0.05, 0) is 37.3 Å². The Labute approximate surface area is 163 Å². The average Bonchev–Trinajstić information content (AvgIpc) is 2.69. The van der Waals surface area contributed by atoms with Crippen molar-refractivity contribution in [1.29, 1.82) is 0 Å². The van der Waals surface area contributed by atoms with Gasteiger partial charge in [-0.25, -0.2) is 18.2 Å². The fraction of sp³-hybridized carbons (Fsp3) is 0.333. The molecule has 2 aromatic rings. The first-order valence-electron chi connectivity index (χ1n) is 8.72. The van der Waals surface area contributed by atoms with E-state index in [-0.39, 0.29) is 16.1 Å². The number of hydrogen-bond donors (Lipinski definition) is 2. The highest BCUT2D eigenvalue weighted by atomic mass is 32.2. The van der Waals surface area contributed by atoms with E-state index < -0.39 is 16.0 Å². The Hall–Kier alpha value is -2.85. The van der Waals surface area contributed by atoms with Gasteiger partial charge in [0.15, 0.2) is 5.82 Å². The van der Waals surface area contributed by atoms with E-state index in [0.717, 1.165) is 0 Å². The molecule has 0 atom stereocenters. The zero-order valence-electron chi connectivity index (χ0n) is 15.3. The molecule has 1 fully saturated rings. The number of nitrogens with one attached hydrogen (secondary N) is 1. The summed E-state index contributed by atoms with van der Waals surface area (Å²) in [4.78, 5) is 17.4. The number of morpholine rings is 1. The van der Waals surface area contributed by atoms with Gasteiger partial charge in [0.2, 0.25) is 0 Å². The van der Waals surface area contributed by atoms with E-state index in [1.54, 1.807) is 12.1 Å². The maximum Gasteiger partial charge on any atom is 0.337 e. The van der Waals surface area contributed by atoms with Crippen LogP contribution < -0.4 is 14.4 Å². The first-order chi connectivity index (χ1) is 13.4. The topological polar surface area (TPSA) is 118 Å². The second-order valence-electron chi connectivity index (χ2n) is 6.01. The van der Waals surface area contributed by atoms with E-state index >= 15 is 0 Å². The normalized spacial score (nSPS) is 14.5. The first-order valence-corrected chi connectivity index (χ1v) is 10.2. The third kappa shape index (κ3) is 4.52. The van der Waals surface area contributed by atoms with Crippen molar-refractivity contribution in [2.45, 2.75) is 11.8 Å². The molecule has 28 heavy (non-hydrogen) atoms. The smallest absolute Gasteiger partial charge is 0.337 e. The lowest BCUT2D eigenvalue weighted by Gasteiger charge is -2.29. The van der Waals surface area contributed by atoms with E-state index in [9.17, 15) is 18.3 Å². The molecule has 0 unspecified atom stereocenters. The molecule has 0 radical (unpaired) electrons. The van der Waals surface area contributed by atoms with Crippen LogP contribution >= 0.6 is 0 Å². The maximum absolute atomic E-state index is 12.8. The minimum Gasteiger partial charge on any atom is -0.494 e. The Morgan fingerprint density at radius 1 is 1.29 bits per heavy atom. The van der Waals surface area contributed by atoms with Gasteiger partial charge in [-0.1, -0.05) is 0 Å². The zero-order chi connectivity index (χ0) is 20.1. The van der Waals surface area contributed by atoms with Gasteiger partial charge in [0.25, 0.3) is 10.0 Å². The van der Waals surface area contributed by atoms with Crippen molar-refractivity contribution >= 4 is 27.5 Å². The van der Waals surface area contributed by atoms with Crippen LogP contribution in [0.15, 0.2) is 41.4 Å². The molecule has 1 saturated heterocycles. The predicted octanol–water partition coefficient (Wildman–Crippen LogP) is 1.82. The Balaban J connectivity index is 1.93. The SMILES string of the molecule is CCOc1ccc(S(=O)(=O)Nc2cc(C(=O)O)cnc2N2CCOCC2)cc1. The Bertz CT molecular complexity index is 940. The van der Waals surface area contributed by atoms with Crippen LogP contribution in [0, 0.1) is 0 Å². The van der Waals surface area contributed by atoms with Crippen LogP contribution in [0.5, 0.6) is 5.75 Å². The molecule has 150 valence electrons. The van der Waals surface area contributed by atoms with Crippen LogP contribution in [0.3, 0.4) is 0 Å². The van der Waals surface area contributed by atoms with Crippen molar-refractivity contribution in [2.24, 2.45) is 0 Å². The van der Waals surface area contributed by atoms with Gasteiger partial charge in [0.05, 0.1) is 36.0 Å². The fourth-order valence-electron chi connectivity index (χ4n) is 2.76. The molecule has 0 saturated carbocycles. The number of aromatic carboxylic acids is 1. The zero-order valence-corrected chi connectivity index (χ0v) is 16.1. The molecule has 0 aliphatic carbocycles. The molecule has 0 bridgehead atoms. The molecule has 9 nitrogen and oxygen atoms in total. The van der Waals surface area contributed by atoms with Crippen molar-refractivity contribution in [3.8, 4) is 5.75 Å². The number of benzene rings is 1. The number of rotatable bonds is 7. The maximum atomic E-state index is 12.8. The number of ether oxygens (including phenoxy) is 2. The number of nitrogens with zero attached hydrogens (tertiary/aromatic N) is 2. The minimum absolute atomic E-state index is 0.0320. The first kappa shape index (κ1) is 19.9. The van der Waals surface area contributed by atoms with Crippen LogP contribution in [0.1, 0.15) is 17.3 Å². The van der Waals surface area contributed by atoms with E-state index in [2.05, 4.69) is 9.71 Å². The molecule has 2 N–H and O–H groups in total. The van der Waals surface area contributed by atoms with Crippen LogP contribution in [-0.2, 0) is 14.8 Å². The number of sulfonamides is 1. The summed E-state index contributed by atoms with van der Waals surface area (Å²) in [5.74, 6) is -0.268. The van der Waals surface area contributed by atoms with Crippen molar-refractivity contribution in [1.82, 2.24) is 4.98 Å². The van der Waals surface area contributed by atoms with Gasteiger partial charge >= 0.3 is 5.97 Å². The van der Waals surface area contributed by atoms with Crippen molar-refractivity contribution in [3.63, 3.8) is 0 Å². The third-order valence-electron chi connectivity index (χ3n) is 4.11. The number of anilines is 2. The highest BCUT2D eigenvalue weighted by Crippen LogP contribution is 2.28. The predicted molar refractivity (Wildman–Crippen MR) is 103 cm³/mol. The van der Waals surface area contributed by atoms with Crippen LogP contribution in [0.4, 0.5) is 11.5 Å². The van der Waals surface area contributed by atoms with Gasteiger partial charge in [0.1, 0.15) is 5.75 Å². The van der Waals surface area contributed by atoms with Gasteiger partial charge in [-0.15, -0.1) is 0 Å². The second kappa shape index (κ2) is 8.44. The average molecular weight is 407 g/mol. The number of aromatic nitrogens is 1. The largest absolute Gasteiger partial charge is 0.494 e. The van der Waals surface area contributed by atoms with Gasteiger partial charge in [-0.2, -0.15) is 0 Å². The molecule has 1 aromatic carbocycles. The fourth-order valence-corrected chi connectivity index (χ4v) is 3.81. The minimum atomic E-state index is -3.95. The molecule has 3 rings (SSSR count). The molecule has 1 aliphatic rings. The van der Waals surface area contributed by atoms with E-state index in [0.29, 0.717) is 44.5 Å². The lowest BCUT2D eigenvalue weighted by atomic mass is 10.2. The lowest BCUT2D eigenvalue weighted by molar-refractivity contribution is 0.0696. The summed E-state index contributed by atoms with van der Waals surface area (Å²) in [5, 5.41) is 9.24. The number of pyridine rings is 1. The highest BCUT2D eigenvalue weighted by Gasteiger charge is 2.22. The standard InChI is InChI=1S/C18H21N3O6S/c1-2-27-14-3-5-15(6-4-14)28(24,25)20-16-11-13(18(22)23)12-19-17(16)21-7-9-26-10-8-21/h3-6,11-12,20H,2,7-10H2,1H3,(H,22,23). The number of carbonyl (C=O) groups is 1. The van der Waals surface area contributed by atoms with Gasteiger partial charge < -0.3 is 19.5 Å². The van der Waals surface area contributed by atoms with E-state index in [1.165, 1.54) is 24.4 Å². The molecule has 10 heteroatoms. The van der Waals surface area contributed by atoms with Crippen molar-refractivity contribution in [2.75, 3.05) is 42.5 Å². The summed E-state index contributed by atoms with van der Waals surface area (Å²) < 4.78 is 38.7. The highest BCUT2D eigenvalue weighted by molar-refractivity contribution is 7.92. The quantitative estimate of drug-likeness (QED) is 0.714. The molecular weight excluding hydrogens is 386 g/mol. The summed E-state index contributed by atoms with van der Waals surface area (Å²) >= 11 is 0. The second-order valence-corrected chi connectivity index (χ2v) is 7.69. The van der Waals surface area contributed by atoms with Crippen LogP contribution in [0.25, 0.3) is 0 Å². The number of carboxylic acid groups (broad SMARTS) is 1. The van der Waals surface area contributed by atoms with Crippen LogP contribution in [-0.4, -0.2) is 57.4 Å². The van der Waals surface area contributed by atoms with Crippen molar-refractivity contribution in [3.05, 3.63) is 42.1 Å². The van der Waals surface area contributed by atoms with E-state index in [4.69, 9.17) is 9.47 Å². The molecule has 0 spiro atoms. The number of hydrogen-bond acceptors (Lipinski definition) is 7. The molecular formula is C18H21N3O6S. The van der Waals surface area contributed by atoms with Gasteiger partial charge in [0, 0.05) is 19.3 Å². The molecule has 0 amide bonds. The van der Waals surface area contributed by atoms with E-state index in [1.807, 2.05) is 11.8 Å². The summed E-state index contributed by atoms with van der Waals surface area (Å²) in [6.45, 7) is 4.32. The molecule has 2 heterocycles. The summed E-state index contributed by atoms with van der Waals surface area (Å²) in [6, 6.07) is 7.25. The molecule has 1 aliphatic heterocycles. The summed E-state index contributed by atoms with van der Waals surface area (Å²) in [5.41, 5.74) is -0.00270. The third-order valence-corrected chi connectivity index (χ3v) is 5.50.